The zero-order valence-corrected chi connectivity index (χ0v) is 14.3. The van der Waals surface area contributed by atoms with Crippen LogP contribution in [0.25, 0.3) is 5.52 Å². The number of hydrogen-bond donors (Lipinski definition) is 0. The van der Waals surface area contributed by atoms with Gasteiger partial charge < -0.3 is 4.74 Å². The minimum Gasteiger partial charge on any atom is -0.492 e. The van der Waals surface area contributed by atoms with Gasteiger partial charge in [-0.2, -0.15) is 5.26 Å². The van der Waals surface area contributed by atoms with Gasteiger partial charge >= 0.3 is 0 Å². The van der Waals surface area contributed by atoms with Gasteiger partial charge in [-0.3, -0.25) is 9.59 Å². The Hall–Kier alpha value is -3.37. The molecule has 0 bridgehead atoms. The van der Waals surface area contributed by atoms with Gasteiger partial charge in [-0.15, -0.1) is 5.10 Å². The summed E-state index contributed by atoms with van der Waals surface area (Å²) >= 11 is 6.28. The molecule has 2 aromatic heterocycles. The number of nitriles is 1. The summed E-state index contributed by atoms with van der Waals surface area (Å²) in [4.78, 5) is 26.3. The predicted molar refractivity (Wildman–Crippen MR) is 93.7 cm³/mol. The Bertz CT molecular complexity index is 1090. The van der Waals surface area contributed by atoms with Gasteiger partial charge in [-0.05, 0) is 19.1 Å². The molecule has 0 aliphatic carbocycles. The van der Waals surface area contributed by atoms with Gasteiger partial charge in [0.05, 0.1) is 29.0 Å². The van der Waals surface area contributed by atoms with Gasteiger partial charge in [-0.25, -0.2) is 9.42 Å². The van der Waals surface area contributed by atoms with Crippen molar-refractivity contribution in [3.05, 3.63) is 58.2 Å². The highest BCUT2D eigenvalue weighted by atomic mass is 35.5. The summed E-state index contributed by atoms with van der Waals surface area (Å²) in [7, 11) is 0. The minimum atomic E-state index is -0.522. The van der Waals surface area contributed by atoms with Crippen molar-refractivity contribution in [3.8, 4) is 11.8 Å². The number of imide groups is 1. The third-order valence-electron chi connectivity index (χ3n) is 4.07. The van der Waals surface area contributed by atoms with Crippen LogP contribution in [0.5, 0.6) is 5.75 Å². The quantitative estimate of drug-likeness (QED) is 0.665. The Labute approximate surface area is 153 Å². The van der Waals surface area contributed by atoms with Crippen LogP contribution in [0.4, 0.5) is 5.82 Å². The lowest BCUT2D eigenvalue weighted by atomic mass is 10.1. The van der Waals surface area contributed by atoms with E-state index in [0.29, 0.717) is 17.9 Å². The van der Waals surface area contributed by atoms with Crippen LogP contribution < -0.4 is 9.64 Å². The van der Waals surface area contributed by atoms with Crippen LogP contribution in [0.3, 0.4) is 0 Å². The van der Waals surface area contributed by atoms with E-state index in [4.69, 9.17) is 16.3 Å². The predicted octanol–water partition coefficient (Wildman–Crippen LogP) is 3.06. The van der Waals surface area contributed by atoms with Crippen molar-refractivity contribution in [1.29, 1.82) is 5.26 Å². The molecule has 0 N–H and O–H groups in total. The third-order valence-corrected chi connectivity index (χ3v) is 4.35. The monoisotopic (exact) mass is 366 g/mol. The molecular formula is C18H11ClN4O3. The summed E-state index contributed by atoms with van der Waals surface area (Å²) in [6.45, 7) is 2.26. The molecule has 26 heavy (non-hydrogen) atoms. The fourth-order valence-electron chi connectivity index (χ4n) is 2.98. The zero-order valence-electron chi connectivity index (χ0n) is 13.6. The van der Waals surface area contributed by atoms with E-state index in [0.717, 1.165) is 4.90 Å². The highest BCUT2D eigenvalue weighted by Crippen LogP contribution is 2.35. The molecule has 3 heterocycles. The van der Waals surface area contributed by atoms with E-state index in [2.05, 4.69) is 5.10 Å². The van der Waals surface area contributed by atoms with Crippen LogP contribution in [-0.2, 0) is 0 Å². The molecule has 0 saturated heterocycles. The normalized spacial score (nSPS) is 13.2. The van der Waals surface area contributed by atoms with E-state index in [1.54, 1.807) is 36.5 Å². The summed E-state index contributed by atoms with van der Waals surface area (Å²) in [5.41, 5.74) is 0.913. The second-order valence-electron chi connectivity index (χ2n) is 5.55. The second kappa shape index (κ2) is 5.86. The third kappa shape index (κ3) is 2.16. The lowest BCUT2D eigenvalue weighted by Gasteiger charge is -2.10. The van der Waals surface area contributed by atoms with Gasteiger partial charge in [0.25, 0.3) is 11.8 Å². The summed E-state index contributed by atoms with van der Waals surface area (Å²) in [5.74, 6) is -0.626. The molecule has 8 heteroatoms. The van der Waals surface area contributed by atoms with Crippen molar-refractivity contribution < 1.29 is 14.3 Å². The first-order chi connectivity index (χ1) is 12.6. The number of carbonyl (C=O) groups is 2. The molecule has 1 aliphatic rings. The van der Waals surface area contributed by atoms with Gasteiger partial charge in [0, 0.05) is 6.07 Å². The van der Waals surface area contributed by atoms with Gasteiger partial charge in [-0.1, -0.05) is 23.7 Å². The first-order valence-corrected chi connectivity index (χ1v) is 8.17. The maximum absolute atomic E-state index is 12.7. The molecule has 0 radical (unpaired) electrons. The van der Waals surface area contributed by atoms with E-state index in [9.17, 15) is 14.9 Å². The molecule has 0 fully saturated rings. The molecular weight excluding hydrogens is 356 g/mol. The van der Waals surface area contributed by atoms with Crippen LogP contribution in [0.15, 0.2) is 36.5 Å². The number of carbonyl (C=O) groups excluding carboxylic acids is 2. The first-order valence-electron chi connectivity index (χ1n) is 7.79. The van der Waals surface area contributed by atoms with Crippen molar-refractivity contribution in [2.45, 2.75) is 6.92 Å². The molecule has 7 nitrogen and oxygen atoms in total. The number of fused-ring (bicyclic) bond motifs is 2. The fourth-order valence-corrected chi connectivity index (χ4v) is 3.27. The molecule has 4 rings (SSSR count). The summed E-state index contributed by atoms with van der Waals surface area (Å²) in [6.07, 6.45) is 1.55. The molecule has 2 amide bonds. The number of benzene rings is 1. The zero-order chi connectivity index (χ0) is 18.4. The van der Waals surface area contributed by atoms with Crippen LogP contribution in [0.2, 0.25) is 5.02 Å². The van der Waals surface area contributed by atoms with Crippen molar-refractivity contribution in [2.24, 2.45) is 0 Å². The van der Waals surface area contributed by atoms with Crippen LogP contribution >= 0.6 is 11.6 Å². The maximum atomic E-state index is 12.7. The van der Waals surface area contributed by atoms with Gasteiger partial charge in [0.2, 0.25) is 0 Å². The minimum absolute atomic E-state index is 0.0470. The van der Waals surface area contributed by atoms with Crippen molar-refractivity contribution in [1.82, 2.24) is 9.61 Å². The van der Waals surface area contributed by atoms with E-state index < -0.39 is 11.8 Å². The van der Waals surface area contributed by atoms with Gasteiger partial charge in [0.1, 0.15) is 22.9 Å². The average Bonchev–Trinajstić information content (AvgIpc) is 3.11. The van der Waals surface area contributed by atoms with Crippen LogP contribution in [0, 0.1) is 11.3 Å². The number of halogens is 1. The summed E-state index contributed by atoms with van der Waals surface area (Å²) < 4.78 is 6.77. The molecule has 128 valence electrons. The number of pyridine rings is 1. The smallest absolute Gasteiger partial charge is 0.267 e. The van der Waals surface area contributed by atoms with E-state index in [-0.39, 0.29) is 27.5 Å². The topological polar surface area (TPSA) is 87.7 Å². The number of aromatic nitrogens is 2. The lowest BCUT2D eigenvalue weighted by Crippen LogP contribution is -2.30. The molecule has 0 saturated carbocycles. The van der Waals surface area contributed by atoms with Crippen molar-refractivity contribution in [2.75, 3.05) is 11.5 Å². The van der Waals surface area contributed by atoms with Crippen molar-refractivity contribution in [3.63, 3.8) is 0 Å². The number of amides is 2. The number of ether oxygens (including phenoxy) is 1. The largest absolute Gasteiger partial charge is 0.492 e. The number of anilines is 1. The molecule has 1 aromatic carbocycles. The standard InChI is InChI=1S/C18H11ClN4O3/c1-2-26-10-7-14(19)15-13(8-20)16(21-22(15)9-10)23-17(24)11-5-3-4-6-12(11)18(23)25/h3-7,9H,2H2,1H3. The molecule has 3 aromatic rings. The Morgan fingerprint density at radius 2 is 1.88 bits per heavy atom. The molecule has 1 aliphatic heterocycles. The summed E-state index contributed by atoms with van der Waals surface area (Å²) in [5, 5.41) is 14.1. The molecule has 0 unspecified atom stereocenters. The Kier molecular flexibility index (Phi) is 3.63. The second-order valence-corrected chi connectivity index (χ2v) is 5.96. The summed E-state index contributed by atoms with van der Waals surface area (Å²) in [6, 6.07) is 10.0. The number of nitrogens with zero attached hydrogens (tertiary/aromatic N) is 4. The molecule has 0 spiro atoms. The fraction of sp³-hybridized carbons (Fsp3) is 0.111. The number of rotatable bonds is 3. The number of hydrogen-bond acceptors (Lipinski definition) is 5. The Balaban J connectivity index is 1.93. The first kappa shape index (κ1) is 16.1. The maximum Gasteiger partial charge on any atom is 0.267 e. The van der Waals surface area contributed by atoms with Crippen LogP contribution in [0.1, 0.15) is 33.2 Å². The lowest BCUT2D eigenvalue weighted by molar-refractivity contribution is 0.0925. The Morgan fingerprint density at radius 1 is 1.23 bits per heavy atom. The highest BCUT2D eigenvalue weighted by molar-refractivity contribution is 6.36. The average molecular weight is 367 g/mol. The molecule has 0 atom stereocenters. The van der Waals surface area contributed by atoms with E-state index >= 15 is 0 Å². The van der Waals surface area contributed by atoms with Gasteiger partial charge in [0.15, 0.2) is 5.82 Å². The highest BCUT2D eigenvalue weighted by Gasteiger charge is 2.39. The Morgan fingerprint density at radius 3 is 2.46 bits per heavy atom. The van der Waals surface area contributed by atoms with Crippen molar-refractivity contribution >= 4 is 34.7 Å². The SMILES string of the molecule is CCOc1cc(Cl)c2c(C#N)c(N3C(=O)c4ccccc4C3=O)nn2c1. The van der Waals surface area contributed by atoms with E-state index in [1.807, 2.05) is 13.0 Å². The van der Waals surface area contributed by atoms with Crippen LogP contribution in [-0.4, -0.2) is 28.0 Å². The van der Waals surface area contributed by atoms with E-state index in [1.165, 1.54) is 4.52 Å².